The molecule has 0 heterocycles. The molecule has 0 unspecified atom stereocenters. The maximum Gasteiger partial charge on any atom is 0.232 e. The van der Waals surface area contributed by atoms with E-state index in [4.69, 9.17) is 0 Å². The first-order valence-electron chi connectivity index (χ1n) is 5.48. The third-order valence-corrected chi connectivity index (χ3v) is 3.77. The normalized spacial score (nSPS) is 11.8. The summed E-state index contributed by atoms with van der Waals surface area (Å²) in [6.07, 6.45) is 1.79. The monoisotopic (exact) mass is 257 g/mol. The molecule has 0 aliphatic carbocycles. The summed E-state index contributed by atoms with van der Waals surface area (Å²) in [5.41, 5.74) is 1.22. The van der Waals surface area contributed by atoms with E-state index >= 15 is 0 Å². The highest BCUT2D eigenvalue weighted by atomic mass is 32.2. The number of anilines is 1. The van der Waals surface area contributed by atoms with Crippen LogP contribution in [-0.2, 0) is 16.4 Å². The number of rotatable bonds is 4. The van der Waals surface area contributed by atoms with Crippen molar-refractivity contribution >= 4 is 15.7 Å². The Morgan fingerprint density at radius 1 is 1.35 bits per heavy atom. The van der Waals surface area contributed by atoms with Gasteiger partial charge in [-0.05, 0) is 24.5 Å². The largest absolute Gasteiger partial charge is 0.508 e. The van der Waals surface area contributed by atoms with Crippen LogP contribution in [0.4, 0.5) is 5.69 Å². The van der Waals surface area contributed by atoms with E-state index in [9.17, 15) is 13.5 Å². The van der Waals surface area contributed by atoms with E-state index in [2.05, 4.69) is 0 Å². The van der Waals surface area contributed by atoms with Gasteiger partial charge in [0.25, 0.3) is 0 Å². The fourth-order valence-corrected chi connectivity index (χ4v) is 2.18. The van der Waals surface area contributed by atoms with Crippen LogP contribution >= 0.6 is 0 Å². The molecule has 0 bridgehead atoms. The lowest BCUT2D eigenvalue weighted by atomic mass is 10.0. The molecule has 4 nitrogen and oxygen atoms in total. The van der Waals surface area contributed by atoms with Crippen molar-refractivity contribution in [1.29, 1.82) is 0 Å². The summed E-state index contributed by atoms with van der Waals surface area (Å²) >= 11 is 0. The summed E-state index contributed by atoms with van der Waals surface area (Å²) in [5, 5.41) is 9.83. The average Bonchev–Trinajstić information content (AvgIpc) is 2.18. The molecule has 5 heteroatoms. The first-order valence-corrected chi connectivity index (χ1v) is 7.33. The first kappa shape index (κ1) is 13.8. The summed E-state index contributed by atoms with van der Waals surface area (Å²) in [6.45, 7) is 4.05. The first-order chi connectivity index (χ1) is 7.73. The molecule has 17 heavy (non-hydrogen) atoms. The zero-order valence-electron chi connectivity index (χ0n) is 10.6. The van der Waals surface area contributed by atoms with Gasteiger partial charge in [-0.15, -0.1) is 0 Å². The zero-order valence-corrected chi connectivity index (χ0v) is 11.5. The number of hydrogen-bond donors (Lipinski definition) is 1. The van der Waals surface area contributed by atoms with Crippen LogP contribution in [0, 0.1) is 5.92 Å². The van der Waals surface area contributed by atoms with Gasteiger partial charge in [0.15, 0.2) is 0 Å². The number of aromatic hydroxyl groups is 1. The number of sulfonamides is 1. The Balaban J connectivity index is 3.28. The lowest BCUT2D eigenvalue weighted by molar-refractivity contribution is 0.463. The summed E-state index contributed by atoms with van der Waals surface area (Å²) in [5.74, 6) is 0.488. The van der Waals surface area contributed by atoms with E-state index in [1.807, 2.05) is 13.8 Å². The lowest BCUT2D eigenvalue weighted by Gasteiger charge is -2.21. The Bertz CT molecular complexity index is 494. The molecule has 0 radical (unpaired) electrons. The molecular weight excluding hydrogens is 238 g/mol. The standard InChI is InChI=1S/C12H19NO3S/c1-9(2)8-10-11(6-5-7-12(10)14)13(3)17(4,15)16/h5-7,9,14H,8H2,1-4H3. The van der Waals surface area contributed by atoms with E-state index in [0.717, 1.165) is 6.26 Å². The molecule has 0 fully saturated rings. The van der Waals surface area contributed by atoms with Gasteiger partial charge in [0, 0.05) is 12.6 Å². The number of benzene rings is 1. The van der Waals surface area contributed by atoms with Gasteiger partial charge in [0.1, 0.15) is 5.75 Å². The van der Waals surface area contributed by atoms with Crippen molar-refractivity contribution in [3.8, 4) is 5.75 Å². The Morgan fingerprint density at radius 3 is 2.41 bits per heavy atom. The Morgan fingerprint density at radius 2 is 1.94 bits per heavy atom. The van der Waals surface area contributed by atoms with Gasteiger partial charge in [-0.1, -0.05) is 19.9 Å². The van der Waals surface area contributed by atoms with Gasteiger partial charge in [-0.25, -0.2) is 8.42 Å². The molecule has 0 aliphatic heterocycles. The van der Waals surface area contributed by atoms with Crippen molar-refractivity contribution < 1.29 is 13.5 Å². The minimum atomic E-state index is -3.31. The number of nitrogens with zero attached hydrogens (tertiary/aromatic N) is 1. The van der Waals surface area contributed by atoms with Crippen LogP contribution in [0.3, 0.4) is 0 Å². The molecule has 0 saturated carbocycles. The molecule has 0 spiro atoms. The van der Waals surface area contributed by atoms with Gasteiger partial charge in [-0.2, -0.15) is 0 Å². The fourth-order valence-electron chi connectivity index (χ4n) is 1.65. The summed E-state index contributed by atoms with van der Waals surface area (Å²) in [7, 11) is -1.81. The molecule has 0 aromatic heterocycles. The second-order valence-corrected chi connectivity index (χ2v) is 6.62. The molecule has 0 aliphatic rings. The highest BCUT2D eigenvalue weighted by molar-refractivity contribution is 7.92. The van der Waals surface area contributed by atoms with E-state index in [-0.39, 0.29) is 5.75 Å². The maximum atomic E-state index is 11.5. The van der Waals surface area contributed by atoms with E-state index in [1.54, 1.807) is 18.2 Å². The highest BCUT2D eigenvalue weighted by Gasteiger charge is 2.18. The van der Waals surface area contributed by atoms with E-state index < -0.39 is 10.0 Å². The summed E-state index contributed by atoms with van der Waals surface area (Å²) in [4.78, 5) is 0. The molecule has 1 aromatic carbocycles. The van der Waals surface area contributed by atoms with Crippen LogP contribution in [-0.4, -0.2) is 26.8 Å². The van der Waals surface area contributed by atoms with Crippen LogP contribution in [0.15, 0.2) is 18.2 Å². The van der Waals surface area contributed by atoms with Crippen molar-refractivity contribution in [2.75, 3.05) is 17.6 Å². The molecule has 1 N–H and O–H groups in total. The fraction of sp³-hybridized carbons (Fsp3) is 0.500. The molecule has 1 aromatic rings. The van der Waals surface area contributed by atoms with Crippen LogP contribution in [0.25, 0.3) is 0 Å². The number of hydrogen-bond acceptors (Lipinski definition) is 3. The smallest absolute Gasteiger partial charge is 0.232 e. The van der Waals surface area contributed by atoms with Gasteiger partial charge in [0.2, 0.25) is 10.0 Å². The minimum absolute atomic E-state index is 0.145. The zero-order chi connectivity index (χ0) is 13.2. The third kappa shape index (κ3) is 3.36. The Labute approximate surface area is 103 Å². The van der Waals surface area contributed by atoms with Crippen LogP contribution in [0.1, 0.15) is 19.4 Å². The Kier molecular flexibility index (Phi) is 4.03. The van der Waals surface area contributed by atoms with Crippen molar-refractivity contribution in [3.63, 3.8) is 0 Å². The number of phenolic OH excluding ortho intramolecular Hbond substituents is 1. The number of phenols is 1. The van der Waals surface area contributed by atoms with Crippen LogP contribution < -0.4 is 4.31 Å². The average molecular weight is 257 g/mol. The van der Waals surface area contributed by atoms with E-state index in [0.29, 0.717) is 23.6 Å². The summed E-state index contributed by atoms with van der Waals surface area (Å²) < 4.78 is 24.2. The van der Waals surface area contributed by atoms with E-state index in [1.165, 1.54) is 11.4 Å². The van der Waals surface area contributed by atoms with Gasteiger partial charge < -0.3 is 5.11 Å². The predicted molar refractivity (Wildman–Crippen MR) is 69.9 cm³/mol. The van der Waals surface area contributed by atoms with Crippen molar-refractivity contribution in [3.05, 3.63) is 23.8 Å². The van der Waals surface area contributed by atoms with Gasteiger partial charge in [-0.3, -0.25) is 4.31 Å². The molecular formula is C12H19NO3S. The molecule has 0 amide bonds. The van der Waals surface area contributed by atoms with Crippen LogP contribution in [0.2, 0.25) is 0 Å². The molecule has 0 atom stereocenters. The van der Waals surface area contributed by atoms with Crippen molar-refractivity contribution in [2.45, 2.75) is 20.3 Å². The highest BCUT2D eigenvalue weighted by Crippen LogP contribution is 2.31. The second kappa shape index (κ2) is 4.96. The van der Waals surface area contributed by atoms with Crippen LogP contribution in [0.5, 0.6) is 5.75 Å². The maximum absolute atomic E-state index is 11.5. The Hall–Kier alpha value is -1.23. The molecule has 0 saturated heterocycles. The molecule has 96 valence electrons. The lowest BCUT2D eigenvalue weighted by Crippen LogP contribution is -2.26. The van der Waals surface area contributed by atoms with Gasteiger partial charge >= 0.3 is 0 Å². The quantitative estimate of drug-likeness (QED) is 0.897. The second-order valence-electron chi connectivity index (χ2n) is 4.60. The van der Waals surface area contributed by atoms with Crippen molar-refractivity contribution in [1.82, 2.24) is 0 Å². The molecule has 1 rings (SSSR count). The third-order valence-electron chi connectivity index (χ3n) is 2.58. The van der Waals surface area contributed by atoms with Crippen molar-refractivity contribution in [2.24, 2.45) is 5.92 Å². The predicted octanol–water partition coefficient (Wildman–Crippen LogP) is 1.99. The topological polar surface area (TPSA) is 57.6 Å². The van der Waals surface area contributed by atoms with Gasteiger partial charge in [0.05, 0.1) is 11.9 Å². The summed E-state index contributed by atoms with van der Waals surface area (Å²) in [6, 6.07) is 4.94. The SMILES string of the molecule is CC(C)Cc1c(O)cccc1N(C)S(C)(=O)=O. The minimum Gasteiger partial charge on any atom is -0.508 e.